The molecule has 3 aromatic rings. The van der Waals surface area contributed by atoms with E-state index in [1.807, 2.05) is 24.3 Å². The highest BCUT2D eigenvalue weighted by atomic mass is 16.6. The van der Waals surface area contributed by atoms with E-state index in [9.17, 15) is 4.79 Å². The van der Waals surface area contributed by atoms with Crippen molar-refractivity contribution in [1.29, 1.82) is 0 Å². The van der Waals surface area contributed by atoms with Crippen molar-refractivity contribution in [1.82, 2.24) is 0 Å². The summed E-state index contributed by atoms with van der Waals surface area (Å²) in [6.07, 6.45) is 0. The fourth-order valence-corrected chi connectivity index (χ4v) is 2.83. The van der Waals surface area contributed by atoms with E-state index in [0.29, 0.717) is 13.2 Å². The van der Waals surface area contributed by atoms with Crippen molar-refractivity contribution in [2.75, 3.05) is 6.61 Å². The molecule has 0 bridgehead atoms. The second-order valence-electron chi connectivity index (χ2n) is 5.93. The molecule has 0 aliphatic carbocycles. The van der Waals surface area contributed by atoms with Crippen molar-refractivity contribution < 1.29 is 14.3 Å². The maximum Gasteiger partial charge on any atom is 0.341 e. The van der Waals surface area contributed by atoms with Gasteiger partial charge in [-0.15, -0.1) is 0 Å². The lowest BCUT2D eigenvalue weighted by Crippen LogP contribution is -2.54. The molecule has 1 heterocycles. The number of esters is 1. The van der Waals surface area contributed by atoms with Crippen LogP contribution < -0.4 is 0 Å². The normalized spacial score (nSPS) is 20.9. The van der Waals surface area contributed by atoms with Gasteiger partial charge in [-0.05, 0) is 46.2 Å². The first-order valence-corrected chi connectivity index (χ1v) is 7.37. The van der Waals surface area contributed by atoms with Crippen LogP contribution in [0.5, 0.6) is 0 Å². The number of hydrogen-bond acceptors (Lipinski definition) is 3. The summed E-state index contributed by atoms with van der Waals surface area (Å²) in [4.78, 5) is 11.5. The quantitative estimate of drug-likeness (QED) is 0.544. The molecule has 3 nitrogen and oxygen atoms in total. The largest absolute Gasteiger partial charge is 0.460 e. The fourth-order valence-electron chi connectivity index (χ4n) is 2.83. The Bertz CT molecular complexity index is 884. The lowest BCUT2D eigenvalue weighted by atomic mass is 9.99. The van der Waals surface area contributed by atoms with Gasteiger partial charge in [0.2, 0.25) is 0 Å². The zero-order valence-corrected chi connectivity index (χ0v) is 12.3. The molecular formula is C19H16O3. The molecule has 1 atom stereocenters. The molecule has 22 heavy (non-hydrogen) atoms. The van der Waals surface area contributed by atoms with Gasteiger partial charge in [-0.1, -0.05) is 42.5 Å². The highest BCUT2D eigenvalue weighted by molar-refractivity contribution is 5.99. The summed E-state index contributed by atoms with van der Waals surface area (Å²) < 4.78 is 10.6. The molecule has 0 N–H and O–H groups in total. The molecule has 1 unspecified atom stereocenters. The van der Waals surface area contributed by atoms with Gasteiger partial charge >= 0.3 is 5.97 Å². The molecule has 0 amide bonds. The van der Waals surface area contributed by atoms with Gasteiger partial charge in [0.25, 0.3) is 0 Å². The molecule has 0 spiro atoms. The van der Waals surface area contributed by atoms with Crippen LogP contribution in [0.2, 0.25) is 0 Å². The Balaban J connectivity index is 1.74. The van der Waals surface area contributed by atoms with Crippen LogP contribution in [0.15, 0.2) is 54.6 Å². The van der Waals surface area contributed by atoms with Crippen molar-refractivity contribution in [2.45, 2.75) is 19.1 Å². The zero-order valence-electron chi connectivity index (χ0n) is 12.3. The van der Waals surface area contributed by atoms with Crippen LogP contribution in [0, 0.1) is 0 Å². The summed E-state index contributed by atoms with van der Waals surface area (Å²) in [5.41, 5.74) is 0.295. The maximum atomic E-state index is 11.5. The first-order valence-electron chi connectivity index (χ1n) is 7.37. The third kappa shape index (κ3) is 2.06. The summed E-state index contributed by atoms with van der Waals surface area (Å²) in [6.45, 7) is 2.51. The van der Waals surface area contributed by atoms with E-state index in [2.05, 4.69) is 30.3 Å². The van der Waals surface area contributed by atoms with E-state index in [1.165, 1.54) is 16.2 Å². The van der Waals surface area contributed by atoms with Crippen molar-refractivity contribution in [3.05, 3.63) is 60.2 Å². The van der Waals surface area contributed by atoms with Crippen LogP contribution in [0.3, 0.4) is 0 Å². The lowest BCUT2D eigenvalue weighted by Gasteiger charge is -2.35. The molecule has 1 aliphatic rings. The van der Waals surface area contributed by atoms with E-state index in [1.54, 1.807) is 6.92 Å². The summed E-state index contributed by atoms with van der Waals surface area (Å²) in [5.74, 6) is -0.279. The van der Waals surface area contributed by atoms with E-state index in [-0.39, 0.29) is 5.97 Å². The van der Waals surface area contributed by atoms with Gasteiger partial charge in [-0.25, -0.2) is 4.79 Å². The Kier molecular flexibility index (Phi) is 2.91. The molecule has 110 valence electrons. The third-order valence-electron chi connectivity index (χ3n) is 4.29. The first kappa shape index (κ1) is 13.3. The van der Waals surface area contributed by atoms with Crippen molar-refractivity contribution >= 4 is 27.5 Å². The number of cyclic esters (lactones) is 1. The standard InChI is InChI=1S/C19H16O3/c1-19(12-21-18(19)20)22-11-16-8-4-7-15-9-13-5-2-3-6-14(13)10-17(15)16/h2-10H,11-12H2,1H3. The van der Waals surface area contributed by atoms with Crippen molar-refractivity contribution in [3.8, 4) is 0 Å². The van der Waals surface area contributed by atoms with Gasteiger partial charge < -0.3 is 9.47 Å². The van der Waals surface area contributed by atoms with Gasteiger partial charge in [0.1, 0.15) is 6.61 Å². The molecule has 3 aromatic carbocycles. The van der Waals surface area contributed by atoms with Crippen molar-refractivity contribution in [2.24, 2.45) is 0 Å². The van der Waals surface area contributed by atoms with Gasteiger partial charge in [-0.2, -0.15) is 0 Å². The Labute approximate surface area is 128 Å². The number of benzene rings is 3. The Morgan fingerprint density at radius 2 is 1.77 bits per heavy atom. The summed E-state index contributed by atoms with van der Waals surface area (Å²) in [5, 5.41) is 4.78. The summed E-state index contributed by atoms with van der Waals surface area (Å²) in [7, 11) is 0. The SMILES string of the molecule is CC1(OCc2cccc3cc4ccccc4cc23)COC1=O. The van der Waals surface area contributed by atoms with Gasteiger partial charge in [0.15, 0.2) is 5.60 Å². The van der Waals surface area contributed by atoms with E-state index in [4.69, 9.17) is 9.47 Å². The highest BCUT2D eigenvalue weighted by Gasteiger charge is 2.46. The highest BCUT2D eigenvalue weighted by Crippen LogP contribution is 2.29. The smallest absolute Gasteiger partial charge is 0.341 e. The van der Waals surface area contributed by atoms with E-state index >= 15 is 0 Å². The molecule has 1 aliphatic heterocycles. The predicted molar refractivity (Wildman–Crippen MR) is 85.6 cm³/mol. The Morgan fingerprint density at radius 1 is 1.05 bits per heavy atom. The first-order chi connectivity index (χ1) is 10.7. The van der Waals surface area contributed by atoms with Crippen LogP contribution in [-0.2, 0) is 20.9 Å². The lowest BCUT2D eigenvalue weighted by molar-refractivity contribution is -0.213. The second-order valence-corrected chi connectivity index (χ2v) is 5.93. The summed E-state index contributed by atoms with van der Waals surface area (Å²) in [6, 6.07) is 18.9. The number of rotatable bonds is 3. The predicted octanol–water partition coefficient (Wildman–Crippen LogP) is 3.83. The van der Waals surface area contributed by atoms with E-state index < -0.39 is 5.60 Å². The Hall–Kier alpha value is -2.39. The molecule has 1 fully saturated rings. The molecule has 0 radical (unpaired) electrons. The number of carbonyl (C=O) groups excluding carboxylic acids is 1. The van der Waals surface area contributed by atoms with Crippen molar-refractivity contribution in [3.63, 3.8) is 0 Å². The van der Waals surface area contributed by atoms with Crippen LogP contribution in [0.25, 0.3) is 21.5 Å². The number of ether oxygens (including phenoxy) is 2. The number of hydrogen-bond donors (Lipinski definition) is 0. The molecule has 0 saturated carbocycles. The minimum atomic E-state index is -0.793. The molecule has 3 heteroatoms. The maximum absolute atomic E-state index is 11.5. The molecule has 1 saturated heterocycles. The molecule has 0 aromatic heterocycles. The minimum absolute atomic E-state index is 0.279. The monoisotopic (exact) mass is 292 g/mol. The topological polar surface area (TPSA) is 35.5 Å². The van der Waals surface area contributed by atoms with Gasteiger partial charge in [0.05, 0.1) is 6.61 Å². The van der Waals surface area contributed by atoms with Crippen LogP contribution in [-0.4, -0.2) is 18.2 Å². The second kappa shape index (κ2) is 4.82. The average molecular weight is 292 g/mol. The minimum Gasteiger partial charge on any atom is -0.460 e. The van der Waals surface area contributed by atoms with Crippen LogP contribution >= 0.6 is 0 Å². The van der Waals surface area contributed by atoms with Gasteiger partial charge in [0, 0.05) is 0 Å². The molecular weight excluding hydrogens is 276 g/mol. The zero-order chi connectivity index (χ0) is 15.2. The Morgan fingerprint density at radius 3 is 2.45 bits per heavy atom. The van der Waals surface area contributed by atoms with Crippen LogP contribution in [0.1, 0.15) is 12.5 Å². The summed E-state index contributed by atoms with van der Waals surface area (Å²) >= 11 is 0. The van der Waals surface area contributed by atoms with E-state index in [0.717, 1.165) is 10.9 Å². The van der Waals surface area contributed by atoms with Crippen LogP contribution in [0.4, 0.5) is 0 Å². The number of fused-ring (bicyclic) bond motifs is 2. The third-order valence-corrected chi connectivity index (χ3v) is 4.29. The fraction of sp³-hybridized carbons (Fsp3) is 0.211. The molecule has 4 rings (SSSR count). The number of carbonyl (C=O) groups is 1. The average Bonchev–Trinajstić information content (AvgIpc) is 2.56. The van der Waals surface area contributed by atoms with Gasteiger partial charge in [-0.3, -0.25) is 0 Å².